The second-order valence-corrected chi connectivity index (χ2v) is 8.38. The molecule has 1 aromatic rings. The molecular formula is C21H30N2O3. The summed E-state index contributed by atoms with van der Waals surface area (Å²) >= 11 is 0. The fourth-order valence-corrected chi connectivity index (χ4v) is 3.51. The van der Waals surface area contributed by atoms with Crippen LogP contribution in [-0.4, -0.2) is 34.8 Å². The molecule has 0 saturated heterocycles. The molecule has 1 fully saturated rings. The van der Waals surface area contributed by atoms with Gasteiger partial charge in [-0.2, -0.15) is 5.26 Å². The van der Waals surface area contributed by atoms with E-state index >= 15 is 0 Å². The van der Waals surface area contributed by atoms with Crippen LogP contribution < -0.4 is 0 Å². The molecule has 1 amide bonds. The van der Waals surface area contributed by atoms with Crippen molar-refractivity contribution in [2.45, 2.75) is 58.6 Å². The van der Waals surface area contributed by atoms with Crippen molar-refractivity contribution in [3.05, 3.63) is 35.9 Å². The number of rotatable bonds is 6. The molecule has 0 spiro atoms. The second kappa shape index (κ2) is 8.55. The monoisotopic (exact) mass is 358 g/mol. The topological polar surface area (TPSA) is 73.6 Å². The van der Waals surface area contributed by atoms with Gasteiger partial charge in [-0.1, -0.05) is 30.3 Å². The van der Waals surface area contributed by atoms with Crippen LogP contribution >= 0.6 is 0 Å². The number of amides is 1. The van der Waals surface area contributed by atoms with Gasteiger partial charge >= 0.3 is 6.09 Å². The Hall–Kier alpha value is -2.06. The van der Waals surface area contributed by atoms with E-state index in [-0.39, 0.29) is 6.54 Å². The van der Waals surface area contributed by atoms with Crippen LogP contribution in [-0.2, 0) is 11.3 Å². The van der Waals surface area contributed by atoms with Crippen LogP contribution in [0, 0.1) is 22.7 Å². The third-order valence-electron chi connectivity index (χ3n) is 5.27. The molecule has 0 aromatic heterocycles. The minimum absolute atomic E-state index is 0.278. The fourth-order valence-electron chi connectivity index (χ4n) is 3.51. The molecule has 1 aliphatic rings. The zero-order chi connectivity index (χ0) is 19.2. The number of carboxylic acid groups (broad SMARTS) is 1. The van der Waals surface area contributed by atoms with Gasteiger partial charge in [0.05, 0.1) is 18.1 Å². The van der Waals surface area contributed by atoms with E-state index in [4.69, 9.17) is 4.74 Å². The van der Waals surface area contributed by atoms with Crippen LogP contribution in [0.25, 0.3) is 0 Å². The lowest BCUT2D eigenvalue weighted by Crippen LogP contribution is -2.51. The SMILES string of the molecule is CC(C)(C)N(CC1(C#N)CCC(COCc2ccccc2)CC1)C(=O)O. The molecule has 1 aromatic carbocycles. The molecule has 5 heteroatoms. The van der Waals surface area contributed by atoms with Crippen molar-refractivity contribution in [2.75, 3.05) is 13.2 Å². The van der Waals surface area contributed by atoms with Gasteiger partial charge in [0.25, 0.3) is 0 Å². The molecule has 0 aliphatic heterocycles. The Morgan fingerprint density at radius 1 is 1.31 bits per heavy atom. The zero-order valence-electron chi connectivity index (χ0n) is 16.1. The predicted octanol–water partition coefficient (Wildman–Crippen LogP) is 4.68. The molecule has 5 nitrogen and oxygen atoms in total. The van der Waals surface area contributed by atoms with Crippen molar-refractivity contribution < 1.29 is 14.6 Å². The first-order valence-corrected chi connectivity index (χ1v) is 9.29. The van der Waals surface area contributed by atoms with Crippen molar-refractivity contribution in [3.63, 3.8) is 0 Å². The van der Waals surface area contributed by atoms with Gasteiger partial charge in [0.2, 0.25) is 0 Å². The Bertz CT molecular complexity index is 623. The van der Waals surface area contributed by atoms with Crippen LogP contribution in [0.15, 0.2) is 30.3 Å². The standard InChI is InChI=1S/C21H30N2O3/c1-20(2,3)23(19(24)25)16-21(15-22)11-9-18(10-12-21)14-26-13-17-7-5-4-6-8-17/h4-8,18H,9-14,16H2,1-3H3,(H,24,25). The Morgan fingerprint density at radius 3 is 2.42 bits per heavy atom. The summed E-state index contributed by atoms with van der Waals surface area (Å²) in [6.45, 7) is 7.19. The average molecular weight is 358 g/mol. The zero-order valence-corrected chi connectivity index (χ0v) is 16.1. The van der Waals surface area contributed by atoms with Crippen molar-refractivity contribution in [3.8, 4) is 6.07 Å². The van der Waals surface area contributed by atoms with Gasteiger partial charge in [-0.15, -0.1) is 0 Å². The minimum Gasteiger partial charge on any atom is -0.465 e. The van der Waals surface area contributed by atoms with Crippen molar-refractivity contribution in [1.82, 2.24) is 4.90 Å². The first-order valence-electron chi connectivity index (χ1n) is 9.29. The molecule has 0 unspecified atom stereocenters. The predicted molar refractivity (Wildman–Crippen MR) is 101 cm³/mol. The van der Waals surface area contributed by atoms with E-state index in [9.17, 15) is 15.2 Å². The third kappa shape index (κ3) is 5.47. The highest BCUT2D eigenvalue weighted by Crippen LogP contribution is 2.40. The Labute approximate surface area is 156 Å². The van der Waals surface area contributed by atoms with Crippen LogP contribution in [0.4, 0.5) is 4.79 Å². The Balaban J connectivity index is 1.86. The van der Waals surface area contributed by atoms with Gasteiger partial charge in [0.15, 0.2) is 0 Å². The summed E-state index contributed by atoms with van der Waals surface area (Å²) in [6, 6.07) is 12.5. The van der Waals surface area contributed by atoms with E-state index in [1.54, 1.807) is 0 Å². The molecule has 1 N–H and O–H groups in total. The summed E-state index contributed by atoms with van der Waals surface area (Å²) in [6.07, 6.45) is 2.30. The van der Waals surface area contributed by atoms with Gasteiger partial charge in [-0.25, -0.2) is 4.79 Å². The second-order valence-electron chi connectivity index (χ2n) is 8.38. The highest BCUT2D eigenvalue weighted by molar-refractivity contribution is 5.66. The number of ether oxygens (including phenoxy) is 1. The smallest absolute Gasteiger partial charge is 0.407 e. The highest BCUT2D eigenvalue weighted by atomic mass is 16.5. The summed E-state index contributed by atoms with van der Waals surface area (Å²) < 4.78 is 5.85. The van der Waals surface area contributed by atoms with Crippen LogP contribution in [0.1, 0.15) is 52.0 Å². The maximum atomic E-state index is 11.6. The van der Waals surface area contributed by atoms with Gasteiger partial charge < -0.3 is 14.7 Å². The van der Waals surface area contributed by atoms with Crippen molar-refractivity contribution in [2.24, 2.45) is 11.3 Å². The molecule has 1 saturated carbocycles. The number of carbonyl (C=O) groups is 1. The van der Waals surface area contributed by atoms with Crippen molar-refractivity contribution >= 4 is 6.09 Å². The van der Waals surface area contributed by atoms with Crippen LogP contribution in [0.5, 0.6) is 0 Å². The van der Waals surface area contributed by atoms with E-state index in [1.165, 1.54) is 4.90 Å². The van der Waals surface area contributed by atoms with E-state index in [0.29, 0.717) is 19.1 Å². The quantitative estimate of drug-likeness (QED) is 0.801. The summed E-state index contributed by atoms with van der Waals surface area (Å²) in [5, 5.41) is 19.3. The van der Waals surface area contributed by atoms with E-state index in [1.807, 2.05) is 39.0 Å². The van der Waals surface area contributed by atoms with Gasteiger partial charge in [0.1, 0.15) is 0 Å². The first-order chi connectivity index (χ1) is 12.3. The first kappa shape index (κ1) is 20.3. The van der Waals surface area contributed by atoms with Crippen LogP contribution in [0.3, 0.4) is 0 Å². The maximum absolute atomic E-state index is 11.6. The minimum atomic E-state index is -0.958. The summed E-state index contributed by atoms with van der Waals surface area (Å²) in [7, 11) is 0. The van der Waals surface area contributed by atoms with Crippen LogP contribution in [0.2, 0.25) is 0 Å². The number of nitriles is 1. The normalized spacial score (nSPS) is 23.2. The lowest BCUT2D eigenvalue weighted by atomic mass is 9.71. The third-order valence-corrected chi connectivity index (χ3v) is 5.27. The molecule has 1 aliphatic carbocycles. The summed E-state index contributed by atoms with van der Waals surface area (Å²) in [5.74, 6) is 0.438. The fraction of sp³-hybridized carbons (Fsp3) is 0.619. The Kier molecular flexibility index (Phi) is 6.66. The number of hydrogen-bond acceptors (Lipinski definition) is 3. The van der Waals surface area contributed by atoms with E-state index in [2.05, 4.69) is 18.2 Å². The lowest BCUT2D eigenvalue weighted by molar-refractivity contribution is 0.0363. The number of hydrogen-bond donors (Lipinski definition) is 1. The number of nitrogens with zero attached hydrogens (tertiary/aromatic N) is 2. The molecule has 0 bridgehead atoms. The van der Waals surface area contributed by atoms with E-state index in [0.717, 1.165) is 31.2 Å². The van der Waals surface area contributed by atoms with Gasteiger partial charge in [0, 0.05) is 18.7 Å². The Morgan fingerprint density at radius 2 is 1.92 bits per heavy atom. The lowest BCUT2D eigenvalue weighted by Gasteiger charge is -2.42. The molecule has 0 atom stereocenters. The summed E-state index contributed by atoms with van der Waals surface area (Å²) in [5.41, 5.74) is 0.0735. The number of benzene rings is 1. The highest BCUT2D eigenvalue weighted by Gasteiger charge is 2.41. The largest absolute Gasteiger partial charge is 0.465 e. The van der Waals surface area contributed by atoms with Gasteiger partial charge in [-0.3, -0.25) is 0 Å². The van der Waals surface area contributed by atoms with Crippen molar-refractivity contribution in [1.29, 1.82) is 5.26 Å². The van der Waals surface area contributed by atoms with Gasteiger partial charge in [-0.05, 0) is 57.9 Å². The molecule has 142 valence electrons. The molecular weight excluding hydrogens is 328 g/mol. The molecule has 0 heterocycles. The molecule has 2 rings (SSSR count). The van der Waals surface area contributed by atoms with E-state index < -0.39 is 17.0 Å². The average Bonchev–Trinajstić information content (AvgIpc) is 2.61. The maximum Gasteiger partial charge on any atom is 0.407 e. The summed E-state index contributed by atoms with van der Waals surface area (Å²) in [4.78, 5) is 13.0. The molecule has 26 heavy (non-hydrogen) atoms. The molecule has 0 radical (unpaired) electrons.